The van der Waals surface area contributed by atoms with Crippen LogP contribution in [0.25, 0.3) is 16.6 Å². The van der Waals surface area contributed by atoms with Gasteiger partial charge in [-0.15, -0.1) is 0 Å². The third kappa shape index (κ3) is 5.19. The average molecular weight is 467 g/mol. The van der Waals surface area contributed by atoms with E-state index in [4.69, 9.17) is 4.74 Å². The molecule has 2 N–H and O–H groups in total. The largest absolute Gasteiger partial charge is 0.495 e. The van der Waals surface area contributed by atoms with Crippen LogP contribution in [0.5, 0.6) is 5.75 Å². The van der Waals surface area contributed by atoms with Crippen LogP contribution in [0.15, 0.2) is 52.4 Å². The first-order valence-corrected chi connectivity index (χ1v) is 11.8. The highest BCUT2D eigenvalue weighted by atomic mass is 32.2. The molecule has 0 atom stereocenters. The van der Waals surface area contributed by atoms with Gasteiger partial charge in [0.1, 0.15) is 5.75 Å². The van der Waals surface area contributed by atoms with E-state index in [1.54, 1.807) is 30.3 Å². The van der Waals surface area contributed by atoms with Gasteiger partial charge >= 0.3 is 6.03 Å². The number of para-hydroxylation sites is 1. The van der Waals surface area contributed by atoms with Crippen LogP contribution in [0.4, 0.5) is 4.79 Å². The van der Waals surface area contributed by atoms with E-state index in [1.807, 2.05) is 19.1 Å². The highest BCUT2D eigenvalue weighted by molar-refractivity contribution is 7.99. The number of carbonyl (C=O) groups excluding carboxylic acids is 2. The number of urea groups is 1. The van der Waals surface area contributed by atoms with Gasteiger partial charge in [0.25, 0.3) is 5.56 Å². The lowest BCUT2D eigenvalue weighted by molar-refractivity contribution is -0.117. The van der Waals surface area contributed by atoms with Crippen LogP contribution in [0.1, 0.15) is 31.2 Å². The zero-order valence-electron chi connectivity index (χ0n) is 18.6. The first-order valence-electron chi connectivity index (χ1n) is 10.9. The number of amides is 3. The maximum atomic E-state index is 13.4. The molecular formula is C24H26N4O4S. The van der Waals surface area contributed by atoms with Crippen LogP contribution in [0, 0.1) is 6.92 Å². The van der Waals surface area contributed by atoms with Crippen molar-refractivity contribution in [2.24, 2.45) is 0 Å². The van der Waals surface area contributed by atoms with Crippen molar-refractivity contribution in [3.05, 3.63) is 58.4 Å². The van der Waals surface area contributed by atoms with E-state index in [-0.39, 0.29) is 17.4 Å². The summed E-state index contributed by atoms with van der Waals surface area (Å²) in [5.74, 6) is -0.0144. The lowest BCUT2D eigenvalue weighted by atomic mass is 10.2. The van der Waals surface area contributed by atoms with Gasteiger partial charge in [0.2, 0.25) is 5.91 Å². The summed E-state index contributed by atoms with van der Waals surface area (Å²) in [7, 11) is 1.54. The van der Waals surface area contributed by atoms with Crippen molar-refractivity contribution in [3.63, 3.8) is 0 Å². The van der Waals surface area contributed by atoms with Crippen molar-refractivity contribution in [3.8, 4) is 11.4 Å². The Bertz CT molecular complexity index is 1250. The van der Waals surface area contributed by atoms with Crippen LogP contribution in [-0.2, 0) is 4.79 Å². The normalized spacial score (nSPS) is 13.8. The molecule has 1 aliphatic carbocycles. The van der Waals surface area contributed by atoms with Gasteiger partial charge in [-0.25, -0.2) is 9.78 Å². The molecule has 0 spiro atoms. The van der Waals surface area contributed by atoms with Crippen LogP contribution in [-0.4, -0.2) is 40.4 Å². The summed E-state index contributed by atoms with van der Waals surface area (Å²) in [6.45, 7) is 1.92. The summed E-state index contributed by atoms with van der Waals surface area (Å²) >= 11 is 1.09. The maximum Gasteiger partial charge on any atom is 0.321 e. The number of hydrogen-bond donors (Lipinski definition) is 2. The predicted octanol–water partition coefficient (Wildman–Crippen LogP) is 3.56. The summed E-state index contributed by atoms with van der Waals surface area (Å²) in [6.07, 6.45) is 4.04. The van der Waals surface area contributed by atoms with Crippen molar-refractivity contribution in [2.75, 3.05) is 12.9 Å². The molecule has 33 heavy (non-hydrogen) atoms. The minimum atomic E-state index is -0.489. The summed E-state index contributed by atoms with van der Waals surface area (Å²) in [5, 5.41) is 6.01. The maximum absolute atomic E-state index is 13.4. The number of benzene rings is 2. The second kappa shape index (κ2) is 10.1. The van der Waals surface area contributed by atoms with Gasteiger partial charge in [-0.2, -0.15) is 0 Å². The number of fused-ring (bicyclic) bond motifs is 1. The number of nitrogens with zero attached hydrogens (tertiary/aromatic N) is 2. The Balaban J connectivity index is 1.62. The molecule has 0 bridgehead atoms. The third-order valence-electron chi connectivity index (χ3n) is 5.60. The van der Waals surface area contributed by atoms with Crippen LogP contribution < -0.4 is 20.9 Å². The van der Waals surface area contributed by atoms with Crippen molar-refractivity contribution in [1.29, 1.82) is 0 Å². The van der Waals surface area contributed by atoms with Gasteiger partial charge in [-0.1, -0.05) is 42.8 Å². The van der Waals surface area contributed by atoms with E-state index in [0.29, 0.717) is 27.5 Å². The van der Waals surface area contributed by atoms with Crippen molar-refractivity contribution >= 4 is 34.6 Å². The van der Waals surface area contributed by atoms with E-state index >= 15 is 0 Å². The van der Waals surface area contributed by atoms with Crippen molar-refractivity contribution in [2.45, 2.75) is 43.8 Å². The molecule has 2 aromatic carbocycles. The zero-order valence-corrected chi connectivity index (χ0v) is 19.4. The molecule has 3 aromatic rings. The molecule has 1 aliphatic rings. The summed E-state index contributed by atoms with van der Waals surface area (Å²) in [6, 6.07) is 12.2. The number of thioether (sulfide) groups is 1. The van der Waals surface area contributed by atoms with Gasteiger partial charge in [0, 0.05) is 6.04 Å². The fraction of sp³-hybridized carbons (Fsp3) is 0.333. The van der Waals surface area contributed by atoms with Gasteiger partial charge < -0.3 is 10.1 Å². The molecule has 0 unspecified atom stereocenters. The van der Waals surface area contributed by atoms with E-state index in [1.165, 1.54) is 11.7 Å². The van der Waals surface area contributed by atoms with E-state index in [0.717, 1.165) is 43.0 Å². The molecule has 3 amide bonds. The smallest absolute Gasteiger partial charge is 0.321 e. The molecule has 4 rings (SSSR count). The third-order valence-corrected chi connectivity index (χ3v) is 6.53. The van der Waals surface area contributed by atoms with Gasteiger partial charge in [-0.3, -0.25) is 19.5 Å². The minimum absolute atomic E-state index is 0.0724. The first kappa shape index (κ1) is 22.8. The van der Waals surface area contributed by atoms with Crippen molar-refractivity contribution in [1.82, 2.24) is 20.2 Å². The molecule has 8 nitrogen and oxygen atoms in total. The second-order valence-corrected chi connectivity index (χ2v) is 8.96. The van der Waals surface area contributed by atoms with Crippen LogP contribution in [0.2, 0.25) is 0 Å². The quantitative estimate of drug-likeness (QED) is 0.425. The number of aryl methyl sites for hydroxylation is 1. The molecule has 0 radical (unpaired) electrons. The first-order chi connectivity index (χ1) is 16.0. The highest BCUT2D eigenvalue weighted by Gasteiger charge is 2.20. The van der Waals surface area contributed by atoms with Gasteiger partial charge in [0.05, 0.1) is 29.5 Å². The molecule has 1 aromatic heterocycles. The van der Waals surface area contributed by atoms with Crippen LogP contribution in [0.3, 0.4) is 0 Å². The Kier molecular flexibility index (Phi) is 6.98. The number of imide groups is 1. The Hall–Kier alpha value is -3.33. The number of hydrogen-bond acceptors (Lipinski definition) is 6. The lowest BCUT2D eigenvalue weighted by Crippen LogP contribution is -2.44. The summed E-state index contributed by atoms with van der Waals surface area (Å²) in [5.41, 5.74) is 1.77. The molecule has 1 heterocycles. The summed E-state index contributed by atoms with van der Waals surface area (Å²) in [4.78, 5) is 42.6. The number of aromatic nitrogens is 2. The minimum Gasteiger partial charge on any atom is -0.495 e. The van der Waals surface area contributed by atoms with Crippen molar-refractivity contribution < 1.29 is 14.3 Å². The molecule has 0 saturated heterocycles. The SMILES string of the molecule is COc1ccc(C)cc1-n1c(SCC(=O)NC(=O)NC2CCCC2)nc2ccccc2c1=O. The topological polar surface area (TPSA) is 102 Å². The fourth-order valence-corrected chi connectivity index (χ4v) is 4.79. The Labute approximate surface area is 195 Å². The predicted molar refractivity (Wildman–Crippen MR) is 128 cm³/mol. The van der Waals surface area contributed by atoms with E-state index < -0.39 is 11.9 Å². The van der Waals surface area contributed by atoms with Gasteiger partial charge in [-0.05, 0) is 49.6 Å². The average Bonchev–Trinajstić information content (AvgIpc) is 3.30. The Morgan fingerprint density at radius 2 is 1.94 bits per heavy atom. The number of ether oxygens (including phenoxy) is 1. The monoisotopic (exact) mass is 466 g/mol. The summed E-state index contributed by atoms with van der Waals surface area (Å²) < 4.78 is 6.95. The molecule has 9 heteroatoms. The second-order valence-electron chi connectivity index (χ2n) is 8.02. The molecule has 172 valence electrons. The van der Waals surface area contributed by atoms with Crippen LogP contribution >= 0.6 is 11.8 Å². The molecule has 1 fully saturated rings. The highest BCUT2D eigenvalue weighted by Crippen LogP contribution is 2.28. The number of carbonyl (C=O) groups is 2. The number of methoxy groups -OCH3 is 1. The lowest BCUT2D eigenvalue weighted by Gasteiger charge is -2.16. The molecule has 0 aliphatic heterocycles. The zero-order chi connectivity index (χ0) is 23.4. The van der Waals surface area contributed by atoms with E-state index in [9.17, 15) is 14.4 Å². The number of nitrogens with one attached hydrogen (secondary N) is 2. The van der Waals surface area contributed by atoms with E-state index in [2.05, 4.69) is 15.6 Å². The van der Waals surface area contributed by atoms with Gasteiger partial charge in [0.15, 0.2) is 5.16 Å². The fourth-order valence-electron chi connectivity index (χ4n) is 3.98. The Morgan fingerprint density at radius 1 is 1.18 bits per heavy atom. The Morgan fingerprint density at radius 3 is 2.70 bits per heavy atom. The molecule has 1 saturated carbocycles. The standard InChI is InChI=1S/C24H26N4O4S/c1-15-11-12-20(32-2)19(13-15)28-22(30)17-9-5-6-10-18(17)26-24(28)33-14-21(29)27-23(31)25-16-7-3-4-8-16/h5-6,9-13,16H,3-4,7-8,14H2,1-2H3,(H2,25,27,29,31). The number of rotatable bonds is 6. The molecular weight excluding hydrogens is 440 g/mol.